The molecule has 0 aromatic carbocycles. The van der Waals surface area contributed by atoms with Crippen LogP contribution >= 0.6 is 0 Å². The van der Waals surface area contributed by atoms with Crippen molar-refractivity contribution in [2.75, 3.05) is 13.2 Å². The maximum atomic E-state index is 5.61. The Bertz CT molecular complexity index is 322. The van der Waals surface area contributed by atoms with Crippen LogP contribution in [0.3, 0.4) is 0 Å². The van der Waals surface area contributed by atoms with Gasteiger partial charge in [0.1, 0.15) is 24.7 Å². The van der Waals surface area contributed by atoms with E-state index in [0.29, 0.717) is 13.2 Å². The van der Waals surface area contributed by atoms with E-state index in [-0.39, 0.29) is 0 Å². The van der Waals surface area contributed by atoms with E-state index in [1.54, 1.807) is 0 Å². The molecule has 1 heterocycles. The summed E-state index contributed by atoms with van der Waals surface area (Å²) in [6.45, 7) is 9.86. The quantitative estimate of drug-likeness (QED) is 0.418. The van der Waals surface area contributed by atoms with Crippen molar-refractivity contribution >= 4 is 0 Å². The lowest BCUT2D eigenvalue weighted by molar-refractivity contribution is 0.0882. The molecule has 0 bridgehead atoms. The highest BCUT2D eigenvalue weighted by Crippen LogP contribution is 2.11. The zero-order valence-corrected chi connectivity index (χ0v) is 11.6. The van der Waals surface area contributed by atoms with Crippen molar-refractivity contribution < 1.29 is 13.9 Å². The molecular formula is C16H24O3. The Morgan fingerprint density at radius 2 is 1.37 bits per heavy atom. The molecule has 1 aromatic heterocycles. The van der Waals surface area contributed by atoms with Crippen molar-refractivity contribution in [3.63, 3.8) is 0 Å². The lowest BCUT2D eigenvalue weighted by Gasteiger charge is -2.01. The van der Waals surface area contributed by atoms with Crippen LogP contribution in [0.2, 0.25) is 0 Å². The van der Waals surface area contributed by atoms with Gasteiger partial charge in [0.25, 0.3) is 0 Å². The van der Waals surface area contributed by atoms with E-state index in [9.17, 15) is 0 Å². The summed E-state index contributed by atoms with van der Waals surface area (Å²) in [5.41, 5.74) is 0. The second-order valence-corrected chi connectivity index (χ2v) is 4.34. The van der Waals surface area contributed by atoms with E-state index >= 15 is 0 Å². The first-order valence-corrected chi connectivity index (χ1v) is 6.81. The van der Waals surface area contributed by atoms with Crippen LogP contribution in [-0.2, 0) is 22.7 Å². The average Bonchev–Trinajstić information content (AvgIpc) is 2.86. The zero-order chi connectivity index (χ0) is 13.8. The number of unbranched alkanes of at least 4 members (excludes halogenated alkanes) is 2. The molecule has 3 heteroatoms. The minimum Gasteiger partial charge on any atom is -0.461 e. The minimum atomic E-state index is 0.521. The summed E-state index contributed by atoms with van der Waals surface area (Å²) >= 11 is 0. The number of hydrogen-bond donors (Lipinski definition) is 0. The Kier molecular flexibility index (Phi) is 8.77. The lowest BCUT2D eigenvalue weighted by Crippen LogP contribution is -1.95. The van der Waals surface area contributed by atoms with Gasteiger partial charge in [0.2, 0.25) is 0 Å². The van der Waals surface area contributed by atoms with Gasteiger partial charge < -0.3 is 13.9 Å². The summed E-state index contributed by atoms with van der Waals surface area (Å²) in [7, 11) is 0. The molecule has 0 aliphatic heterocycles. The molecule has 0 amide bonds. The Hall–Kier alpha value is -1.32. The topological polar surface area (TPSA) is 31.6 Å². The lowest BCUT2D eigenvalue weighted by atomic mass is 10.3. The molecule has 0 spiro atoms. The highest BCUT2D eigenvalue weighted by molar-refractivity contribution is 5.05. The third-order valence-electron chi connectivity index (χ3n) is 2.60. The molecule has 0 saturated carbocycles. The molecule has 19 heavy (non-hydrogen) atoms. The van der Waals surface area contributed by atoms with Gasteiger partial charge in [-0.15, -0.1) is 13.2 Å². The van der Waals surface area contributed by atoms with Crippen LogP contribution in [0.5, 0.6) is 0 Å². The van der Waals surface area contributed by atoms with Gasteiger partial charge in [-0.3, -0.25) is 0 Å². The monoisotopic (exact) mass is 264 g/mol. The Morgan fingerprint density at radius 3 is 1.79 bits per heavy atom. The molecule has 0 radical (unpaired) electrons. The van der Waals surface area contributed by atoms with Crippen molar-refractivity contribution in [2.24, 2.45) is 0 Å². The second-order valence-electron chi connectivity index (χ2n) is 4.34. The maximum Gasteiger partial charge on any atom is 0.129 e. The summed E-state index contributed by atoms with van der Waals surface area (Å²) in [4.78, 5) is 0. The number of hydrogen-bond acceptors (Lipinski definition) is 3. The van der Waals surface area contributed by atoms with Gasteiger partial charge in [-0.05, 0) is 37.8 Å². The van der Waals surface area contributed by atoms with Crippen LogP contribution in [0.1, 0.15) is 37.2 Å². The van der Waals surface area contributed by atoms with E-state index in [0.717, 1.165) is 50.4 Å². The van der Waals surface area contributed by atoms with Crippen LogP contribution in [0.15, 0.2) is 41.9 Å². The molecule has 0 N–H and O–H groups in total. The molecule has 0 fully saturated rings. The fourth-order valence-electron chi connectivity index (χ4n) is 1.58. The first kappa shape index (κ1) is 15.7. The fraction of sp³-hybridized carbons (Fsp3) is 0.500. The first-order chi connectivity index (χ1) is 9.36. The van der Waals surface area contributed by atoms with Crippen LogP contribution in [0.25, 0.3) is 0 Å². The van der Waals surface area contributed by atoms with E-state index in [1.165, 1.54) is 0 Å². The fourth-order valence-corrected chi connectivity index (χ4v) is 1.58. The maximum absolute atomic E-state index is 5.61. The molecule has 0 saturated heterocycles. The van der Waals surface area contributed by atoms with Crippen molar-refractivity contribution in [3.05, 3.63) is 49.0 Å². The molecule has 0 atom stereocenters. The average molecular weight is 264 g/mol. The summed E-state index contributed by atoms with van der Waals surface area (Å²) in [6.07, 6.45) is 7.78. The third-order valence-corrected chi connectivity index (χ3v) is 2.60. The number of furan rings is 1. The van der Waals surface area contributed by atoms with Crippen molar-refractivity contribution in [1.82, 2.24) is 0 Å². The van der Waals surface area contributed by atoms with Crippen LogP contribution in [0, 0.1) is 0 Å². The highest BCUT2D eigenvalue weighted by atomic mass is 16.5. The molecule has 3 nitrogen and oxygen atoms in total. The largest absolute Gasteiger partial charge is 0.461 e. The van der Waals surface area contributed by atoms with Gasteiger partial charge in [0.05, 0.1) is 0 Å². The zero-order valence-electron chi connectivity index (χ0n) is 11.6. The number of rotatable bonds is 12. The Labute approximate surface area is 115 Å². The van der Waals surface area contributed by atoms with Crippen LogP contribution in [-0.4, -0.2) is 13.2 Å². The van der Waals surface area contributed by atoms with Crippen molar-refractivity contribution in [3.8, 4) is 0 Å². The van der Waals surface area contributed by atoms with Gasteiger partial charge in [0.15, 0.2) is 0 Å². The Morgan fingerprint density at radius 1 is 0.895 bits per heavy atom. The smallest absolute Gasteiger partial charge is 0.129 e. The van der Waals surface area contributed by atoms with Crippen LogP contribution in [0.4, 0.5) is 0 Å². The third kappa shape index (κ3) is 7.65. The summed E-state index contributed by atoms with van der Waals surface area (Å²) in [5, 5.41) is 0. The first-order valence-electron chi connectivity index (χ1n) is 6.81. The molecule has 0 unspecified atom stereocenters. The second kappa shape index (κ2) is 10.6. The number of ether oxygens (including phenoxy) is 2. The molecule has 106 valence electrons. The van der Waals surface area contributed by atoms with Gasteiger partial charge in [-0.2, -0.15) is 0 Å². The van der Waals surface area contributed by atoms with Crippen molar-refractivity contribution in [1.29, 1.82) is 0 Å². The summed E-state index contributed by atoms with van der Waals surface area (Å²) in [6, 6.07) is 3.88. The van der Waals surface area contributed by atoms with E-state index in [4.69, 9.17) is 13.9 Å². The van der Waals surface area contributed by atoms with E-state index in [1.807, 2.05) is 24.3 Å². The normalized spacial score (nSPS) is 10.5. The van der Waals surface area contributed by atoms with Gasteiger partial charge in [0, 0.05) is 13.2 Å². The van der Waals surface area contributed by atoms with Crippen LogP contribution < -0.4 is 0 Å². The summed E-state index contributed by atoms with van der Waals surface area (Å²) in [5.74, 6) is 1.70. The molecular weight excluding hydrogens is 240 g/mol. The summed E-state index contributed by atoms with van der Waals surface area (Å²) < 4.78 is 16.6. The van der Waals surface area contributed by atoms with E-state index < -0.39 is 0 Å². The van der Waals surface area contributed by atoms with Gasteiger partial charge in [-0.25, -0.2) is 0 Å². The standard InChI is InChI=1S/C16H24O3/c1-3-5-7-11-17-13-15-9-10-16(19-15)14-18-12-8-6-4-2/h3-4,9-10H,1-2,5-8,11-14H2. The predicted octanol–water partition coefficient (Wildman–Crippen LogP) is 4.25. The minimum absolute atomic E-state index is 0.521. The SMILES string of the molecule is C=CCCCOCc1ccc(COCCCC=C)o1. The predicted molar refractivity (Wildman–Crippen MR) is 76.9 cm³/mol. The van der Waals surface area contributed by atoms with Gasteiger partial charge in [-0.1, -0.05) is 12.2 Å². The Balaban J connectivity index is 2.10. The molecule has 1 rings (SSSR count). The van der Waals surface area contributed by atoms with Gasteiger partial charge >= 0.3 is 0 Å². The molecule has 1 aromatic rings. The number of allylic oxidation sites excluding steroid dienone is 2. The van der Waals surface area contributed by atoms with E-state index in [2.05, 4.69) is 13.2 Å². The molecule has 0 aliphatic carbocycles. The van der Waals surface area contributed by atoms with Crippen molar-refractivity contribution in [2.45, 2.75) is 38.9 Å². The highest BCUT2D eigenvalue weighted by Gasteiger charge is 2.02. The molecule has 0 aliphatic rings.